The molecule has 0 fully saturated rings. The molecule has 0 aromatic heterocycles. The summed E-state index contributed by atoms with van der Waals surface area (Å²) in [6, 6.07) is 14.1. The number of ether oxygens (including phenoxy) is 3. The summed E-state index contributed by atoms with van der Waals surface area (Å²) in [7, 11) is 3.43. The van der Waals surface area contributed by atoms with Gasteiger partial charge < -0.3 is 24.4 Å². The van der Waals surface area contributed by atoms with Gasteiger partial charge in [0, 0.05) is 26.2 Å². The third kappa shape index (κ3) is 4.57. The molecular weight excluding hydrogens is 356 g/mol. The molecule has 1 heterocycles. The Balaban J connectivity index is 1.68. The van der Waals surface area contributed by atoms with Crippen LogP contribution in [0.4, 0.5) is 0 Å². The molecule has 0 bridgehead atoms. The maximum atomic E-state index is 12.1. The molecule has 0 radical (unpaired) electrons. The number of para-hydroxylation sites is 1. The molecule has 1 aliphatic rings. The lowest BCUT2D eigenvalue weighted by atomic mass is 10.1. The van der Waals surface area contributed by atoms with Crippen LogP contribution in [0.2, 0.25) is 0 Å². The second-order valence-electron chi connectivity index (χ2n) is 6.99. The number of hydrogen-bond donors (Lipinski definition) is 1. The zero-order chi connectivity index (χ0) is 20.1. The number of carbonyl (C=O) groups excluding carboxylic acids is 1. The molecule has 1 aliphatic heterocycles. The van der Waals surface area contributed by atoms with E-state index in [0.29, 0.717) is 31.3 Å². The number of nitrogens with zero attached hydrogens (tertiary/aromatic N) is 1. The van der Waals surface area contributed by atoms with Crippen LogP contribution < -0.4 is 19.5 Å². The minimum absolute atomic E-state index is 0.0897. The first-order valence-electron chi connectivity index (χ1n) is 9.58. The van der Waals surface area contributed by atoms with Crippen molar-refractivity contribution in [1.29, 1.82) is 0 Å². The molecule has 150 valence electrons. The van der Waals surface area contributed by atoms with Crippen molar-refractivity contribution in [3.63, 3.8) is 0 Å². The Morgan fingerprint density at radius 1 is 1.25 bits per heavy atom. The van der Waals surface area contributed by atoms with Crippen LogP contribution in [0.15, 0.2) is 42.5 Å². The van der Waals surface area contributed by atoms with Crippen molar-refractivity contribution < 1.29 is 19.0 Å². The second kappa shape index (κ2) is 8.97. The third-order valence-corrected chi connectivity index (χ3v) is 4.65. The number of carbonyl (C=O) groups is 1. The topological polar surface area (TPSA) is 60.0 Å². The van der Waals surface area contributed by atoms with Gasteiger partial charge in [-0.05, 0) is 37.6 Å². The molecule has 2 aromatic carbocycles. The first kappa shape index (κ1) is 20.0. The van der Waals surface area contributed by atoms with Crippen molar-refractivity contribution in [2.24, 2.45) is 0 Å². The standard InChI is InChI=1S/C22H28N2O4/c1-5-26-21-12-16(10-11-20(21)28-15(2)22(25)24(3)4)13-23-18-14-27-19-9-7-6-8-17(18)19/h6-12,15,18,23H,5,13-14H2,1-4H3. The smallest absolute Gasteiger partial charge is 0.262 e. The van der Waals surface area contributed by atoms with E-state index in [1.807, 2.05) is 43.3 Å². The van der Waals surface area contributed by atoms with E-state index in [9.17, 15) is 4.79 Å². The predicted octanol–water partition coefficient (Wildman–Crippen LogP) is 3.16. The lowest BCUT2D eigenvalue weighted by molar-refractivity contribution is -0.135. The maximum Gasteiger partial charge on any atom is 0.262 e. The normalized spacial score (nSPS) is 16.1. The first-order valence-corrected chi connectivity index (χ1v) is 9.58. The van der Waals surface area contributed by atoms with E-state index < -0.39 is 6.10 Å². The van der Waals surface area contributed by atoms with Crippen molar-refractivity contribution in [1.82, 2.24) is 10.2 Å². The Labute approximate surface area is 166 Å². The van der Waals surface area contributed by atoms with Gasteiger partial charge in [-0.15, -0.1) is 0 Å². The van der Waals surface area contributed by atoms with Crippen molar-refractivity contribution in [3.05, 3.63) is 53.6 Å². The van der Waals surface area contributed by atoms with Crippen molar-refractivity contribution in [2.45, 2.75) is 32.5 Å². The molecular formula is C22H28N2O4. The predicted molar refractivity (Wildman–Crippen MR) is 108 cm³/mol. The number of likely N-dealkylation sites (N-methyl/N-ethyl adjacent to an activating group) is 1. The minimum Gasteiger partial charge on any atom is -0.491 e. The summed E-state index contributed by atoms with van der Waals surface area (Å²) < 4.78 is 17.3. The fourth-order valence-corrected chi connectivity index (χ4v) is 3.21. The van der Waals surface area contributed by atoms with Crippen molar-refractivity contribution >= 4 is 5.91 Å². The highest BCUT2D eigenvalue weighted by Gasteiger charge is 2.23. The zero-order valence-electron chi connectivity index (χ0n) is 16.9. The summed E-state index contributed by atoms with van der Waals surface area (Å²) in [5, 5.41) is 3.53. The van der Waals surface area contributed by atoms with Crippen LogP contribution in [-0.2, 0) is 11.3 Å². The van der Waals surface area contributed by atoms with Crippen LogP contribution in [0.1, 0.15) is 31.0 Å². The van der Waals surface area contributed by atoms with E-state index in [0.717, 1.165) is 11.3 Å². The van der Waals surface area contributed by atoms with Gasteiger partial charge in [0.15, 0.2) is 17.6 Å². The highest BCUT2D eigenvalue weighted by molar-refractivity contribution is 5.80. The highest BCUT2D eigenvalue weighted by atomic mass is 16.5. The average molecular weight is 384 g/mol. The second-order valence-corrected chi connectivity index (χ2v) is 6.99. The first-order chi connectivity index (χ1) is 13.5. The summed E-state index contributed by atoms with van der Waals surface area (Å²) in [5.41, 5.74) is 2.26. The molecule has 0 saturated carbocycles. The van der Waals surface area contributed by atoms with Gasteiger partial charge in [0.05, 0.1) is 12.6 Å². The molecule has 2 atom stereocenters. The summed E-state index contributed by atoms with van der Waals surface area (Å²) in [5.74, 6) is 2.07. The van der Waals surface area contributed by atoms with Gasteiger partial charge in [-0.2, -0.15) is 0 Å². The summed E-state index contributed by atoms with van der Waals surface area (Å²) in [6.07, 6.45) is -0.578. The lowest BCUT2D eigenvalue weighted by Gasteiger charge is -2.20. The summed E-state index contributed by atoms with van der Waals surface area (Å²) >= 11 is 0. The number of hydrogen-bond acceptors (Lipinski definition) is 5. The van der Waals surface area contributed by atoms with Crippen LogP contribution >= 0.6 is 0 Å². The quantitative estimate of drug-likeness (QED) is 0.758. The fourth-order valence-electron chi connectivity index (χ4n) is 3.21. The van der Waals surface area contributed by atoms with E-state index in [4.69, 9.17) is 14.2 Å². The van der Waals surface area contributed by atoms with E-state index in [-0.39, 0.29) is 11.9 Å². The van der Waals surface area contributed by atoms with Crippen molar-refractivity contribution in [2.75, 3.05) is 27.3 Å². The van der Waals surface area contributed by atoms with Crippen LogP contribution in [0.5, 0.6) is 17.2 Å². The molecule has 0 spiro atoms. The van der Waals surface area contributed by atoms with E-state index in [1.54, 1.807) is 21.0 Å². The maximum absolute atomic E-state index is 12.1. The monoisotopic (exact) mass is 384 g/mol. The van der Waals surface area contributed by atoms with Gasteiger partial charge in [-0.3, -0.25) is 4.79 Å². The summed E-state index contributed by atoms with van der Waals surface area (Å²) in [4.78, 5) is 13.6. The Hall–Kier alpha value is -2.73. The number of nitrogens with one attached hydrogen (secondary N) is 1. The van der Waals surface area contributed by atoms with Gasteiger partial charge in [0.25, 0.3) is 5.91 Å². The van der Waals surface area contributed by atoms with Crippen molar-refractivity contribution in [3.8, 4) is 17.2 Å². The molecule has 0 saturated heterocycles. The Bertz CT molecular complexity index is 822. The largest absolute Gasteiger partial charge is 0.491 e. The highest BCUT2D eigenvalue weighted by Crippen LogP contribution is 2.33. The molecule has 0 aliphatic carbocycles. The van der Waals surface area contributed by atoms with E-state index in [1.165, 1.54) is 10.5 Å². The van der Waals surface area contributed by atoms with Gasteiger partial charge in [-0.25, -0.2) is 0 Å². The molecule has 2 unspecified atom stereocenters. The average Bonchev–Trinajstić information content (AvgIpc) is 3.10. The molecule has 2 aromatic rings. The Morgan fingerprint density at radius 2 is 2.04 bits per heavy atom. The van der Waals surface area contributed by atoms with Gasteiger partial charge >= 0.3 is 0 Å². The van der Waals surface area contributed by atoms with E-state index >= 15 is 0 Å². The Kier molecular flexibility index (Phi) is 6.41. The van der Waals surface area contributed by atoms with Crippen LogP contribution in [0.3, 0.4) is 0 Å². The van der Waals surface area contributed by atoms with Crippen LogP contribution in [0.25, 0.3) is 0 Å². The third-order valence-electron chi connectivity index (χ3n) is 4.65. The number of benzene rings is 2. The van der Waals surface area contributed by atoms with Crippen LogP contribution in [0, 0.1) is 0 Å². The van der Waals surface area contributed by atoms with Crippen LogP contribution in [-0.4, -0.2) is 44.2 Å². The molecule has 1 N–H and O–H groups in total. The zero-order valence-corrected chi connectivity index (χ0v) is 16.9. The SMILES string of the molecule is CCOc1cc(CNC2COc3ccccc32)ccc1OC(C)C(=O)N(C)C. The van der Waals surface area contributed by atoms with E-state index in [2.05, 4.69) is 11.4 Å². The van der Waals surface area contributed by atoms with Gasteiger partial charge in [0.2, 0.25) is 0 Å². The number of amides is 1. The fraction of sp³-hybridized carbons (Fsp3) is 0.409. The summed E-state index contributed by atoms with van der Waals surface area (Å²) in [6.45, 7) is 5.49. The van der Waals surface area contributed by atoms with Gasteiger partial charge in [-0.1, -0.05) is 24.3 Å². The molecule has 1 amide bonds. The molecule has 28 heavy (non-hydrogen) atoms. The Morgan fingerprint density at radius 3 is 2.79 bits per heavy atom. The lowest BCUT2D eigenvalue weighted by Crippen LogP contribution is -2.35. The molecule has 3 rings (SSSR count). The minimum atomic E-state index is -0.578. The molecule has 6 heteroatoms. The molecule has 6 nitrogen and oxygen atoms in total. The number of rotatable bonds is 8. The van der Waals surface area contributed by atoms with Gasteiger partial charge in [0.1, 0.15) is 12.4 Å². The number of fused-ring (bicyclic) bond motifs is 1.